The quantitative estimate of drug-likeness (QED) is 0.864. The summed E-state index contributed by atoms with van der Waals surface area (Å²) in [5.74, 6) is -0.650. The van der Waals surface area contributed by atoms with Gasteiger partial charge in [0, 0.05) is 6.04 Å². The number of carbonyl (C=O) groups excluding carboxylic acids is 2. The second-order valence-corrected chi connectivity index (χ2v) is 4.98. The number of rotatable bonds is 4. The lowest BCUT2D eigenvalue weighted by Gasteiger charge is -2.14. The standard InChI is InChI=1S/C14H18ClNO3/c1-8-5-11(12(15)6-9(8)2)14(18)16-10(3)7-13(17)19-4/h5-6,10H,7H2,1-4H3,(H,16,18)/t10-/m1/s1. The first kappa shape index (κ1) is 15.5. The third-order valence-corrected chi connectivity index (χ3v) is 3.22. The molecule has 0 aromatic heterocycles. The van der Waals surface area contributed by atoms with Gasteiger partial charge in [0.15, 0.2) is 0 Å². The number of hydrogen-bond donors (Lipinski definition) is 1. The topological polar surface area (TPSA) is 55.4 Å². The zero-order valence-electron chi connectivity index (χ0n) is 11.5. The maximum Gasteiger partial charge on any atom is 0.307 e. The van der Waals surface area contributed by atoms with Gasteiger partial charge in [0.25, 0.3) is 5.91 Å². The Morgan fingerprint density at radius 1 is 1.32 bits per heavy atom. The first-order valence-corrected chi connectivity index (χ1v) is 6.37. The van der Waals surface area contributed by atoms with E-state index in [4.69, 9.17) is 11.6 Å². The molecule has 0 bridgehead atoms. The Morgan fingerprint density at radius 2 is 1.89 bits per heavy atom. The van der Waals surface area contributed by atoms with Gasteiger partial charge >= 0.3 is 5.97 Å². The van der Waals surface area contributed by atoms with Crippen LogP contribution in [0.25, 0.3) is 0 Å². The van der Waals surface area contributed by atoms with Crippen molar-refractivity contribution in [2.75, 3.05) is 7.11 Å². The molecule has 1 atom stereocenters. The number of methoxy groups -OCH3 is 1. The Hall–Kier alpha value is -1.55. The smallest absolute Gasteiger partial charge is 0.307 e. The van der Waals surface area contributed by atoms with E-state index in [1.54, 1.807) is 19.1 Å². The molecule has 0 unspecified atom stereocenters. The molecule has 0 aliphatic rings. The Kier molecular flexibility index (Phi) is 5.36. The molecular formula is C14H18ClNO3. The average Bonchev–Trinajstić information content (AvgIpc) is 2.33. The number of aryl methyl sites for hydroxylation is 2. The maximum atomic E-state index is 12.1. The molecular weight excluding hydrogens is 266 g/mol. The highest BCUT2D eigenvalue weighted by Gasteiger charge is 2.16. The van der Waals surface area contributed by atoms with Crippen LogP contribution in [-0.2, 0) is 9.53 Å². The van der Waals surface area contributed by atoms with E-state index in [1.807, 2.05) is 13.8 Å². The van der Waals surface area contributed by atoms with Crippen LogP contribution in [0, 0.1) is 13.8 Å². The van der Waals surface area contributed by atoms with Crippen molar-refractivity contribution in [2.24, 2.45) is 0 Å². The Labute approximate surface area is 118 Å². The number of amides is 1. The number of nitrogens with one attached hydrogen (secondary N) is 1. The van der Waals surface area contributed by atoms with Gasteiger partial charge in [0.05, 0.1) is 24.1 Å². The number of benzene rings is 1. The molecule has 0 spiro atoms. The molecule has 0 fully saturated rings. The molecule has 0 aliphatic heterocycles. The summed E-state index contributed by atoms with van der Waals surface area (Å²) in [5, 5.41) is 3.13. The number of hydrogen-bond acceptors (Lipinski definition) is 3. The zero-order chi connectivity index (χ0) is 14.6. The summed E-state index contributed by atoms with van der Waals surface area (Å²) in [5.41, 5.74) is 2.45. The Morgan fingerprint density at radius 3 is 2.47 bits per heavy atom. The Balaban J connectivity index is 2.78. The van der Waals surface area contributed by atoms with E-state index in [0.717, 1.165) is 11.1 Å². The largest absolute Gasteiger partial charge is 0.469 e. The molecule has 19 heavy (non-hydrogen) atoms. The molecule has 4 nitrogen and oxygen atoms in total. The minimum Gasteiger partial charge on any atom is -0.469 e. The van der Waals surface area contributed by atoms with Crippen molar-refractivity contribution in [3.8, 4) is 0 Å². The van der Waals surface area contributed by atoms with Crippen LogP contribution in [-0.4, -0.2) is 25.0 Å². The molecule has 0 heterocycles. The third-order valence-electron chi connectivity index (χ3n) is 2.91. The summed E-state index contributed by atoms with van der Waals surface area (Å²) < 4.78 is 4.55. The van der Waals surface area contributed by atoms with Gasteiger partial charge in [-0.05, 0) is 44.0 Å². The summed E-state index contributed by atoms with van der Waals surface area (Å²) in [6.07, 6.45) is 0.130. The van der Waals surface area contributed by atoms with E-state index in [2.05, 4.69) is 10.1 Å². The normalized spacial score (nSPS) is 11.8. The molecule has 1 aromatic rings. The molecule has 1 amide bonds. The highest BCUT2D eigenvalue weighted by Crippen LogP contribution is 2.21. The van der Waals surface area contributed by atoms with Gasteiger partial charge in [-0.1, -0.05) is 11.6 Å². The van der Waals surface area contributed by atoms with E-state index >= 15 is 0 Å². The lowest BCUT2D eigenvalue weighted by Crippen LogP contribution is -2.34. The van der Waals surface area contributed by atoms with Crippen molar-refractivity contribution >= 4 is 23.5 Å². The molecule has 1 aromatic carbocycles. The minimum atomic E-state index is -0.362. The summed E-state index contributed by atoms with van der Waals surface area (Å²) in [4.78, 5) is 23.2. The maximum absolute atomic E-state index is 12.1. The fourth-order valence-electron chi connectivity index (χ4n) is 1.64. The average molecular weight is 284 g/mol. The van der Waals surface area contributed by atoms with Crippen LogP contribution in [0.5, 0.6) is 0 Å². The van der Waals surface area contributed by atoms with Gasteiger partial charge < -0.3 is 10.1 Å². The minimum absolute atomic E-state index is 0.130. The van der Waals surface area contributed by atoms with Gasteiger partial charge in [-0.25, -0.2) is 0 Å². The molecule has 0 saturated carbocycles. The summed E-state index contributed by atoms with van der Waals surface area (Å²) in [6, 6.07) is 3.20. The van der Waals surface area contributed by atoms with Crippen molar-refractivity contribution in [2.45, 2.75) is 33.2 Å². The highest BCUT2D eigenvalue weighted by atomic mass is 35.5. The van der Waals surface area contributed by atoms with Crippen LogP contribution in [0.4, 0.5) is 0 Å². The summed E-state index contributed by atoms with van der Waals surface area (Å²) in [7, 11) is 1.32. The highest BCUT2D eigenvalue weighted by molar-refractivity contribution is 6.34. The Bertz CT molecular complexity index is 500. The predicted molar refractivity (Wildman–Crippen MR) is 74.5 cm³/mol. The fraction of sp³-hybridized carbons (Fsp3) is 0.429. The monoisotopic (exact) mass is 283 g/mol. The van der Waals surface area contributed by atoms with Gasteiger partial charge in [-0.15, -0.1) is 0 Å². The second-order valence-electron chi connectivity index (χ2n) is 4.57. The van der Waals surface area contributed by atoms with Gasteiger partial charge in [-0.2, -0.15) is 0 Å². The van der Waals surface area contributed by atoms with Crippen LogP contribution >= 0.6 is 11.6 Å². The molecule has 5 heteroatoms. The second kappa shape index (κ2) is 6.57. The summed E-state index contributed by atoms with van der Waals surface area (Å²) >= 11 is 6.06. The van der Waals surface area contributed by atoms with E-state index in [-0.39, 0.29) is 24.3 Å². The number of carbonyl (C=O) groups is 2. The number of halogens is 1. The van der Waals surface area contributed by atoms with Crippen LogP contribution in [0.3, 0.4) is 0 Å². The van der Waals surface area contributed by atoms with Gasteiger partial charge in [-0.3, -0.25) is 9.59 Å². The van der Waals surface area contributed by atoms with Crippen LogP contribution < -0.4 is 5.32 Å². The van der Waals surface area contributed by atoms with Crippen LogP contribution in [0.1, 0.15) is 34.8 Å². The molecule has 1 N–H and O–H groups in total. The molecule has 0 saturated heterocycles. The lowest BCUT2D eigenvalue weighted by molar-refractivity contribution is -0.141. The van der Waals surface area contributed by atoms with E-state index in [0.29, 0.717) is 10.6 Å². The zero-order valence-corrected chi connectivity index (χ0v) is 12.3. The lowest BCUT2D eigenvalue weighted by atomic mass is 10.1. The van der Waals surface area contributed by atoms with E-state index < -0.39 is 0 Å². The molecule has 0 radical (unpaired) electrons. The van der Waals surface area contributed by atoms with Crippen molar-refractivity contribution in [1.29, 1.82) is 0 Å². The number of esters is 1. The van der Waals surface area contributed by atoms with Crippen molar-refractivity contribution in [3.05, 3.63) is 33.8 Å². The van der Waals surface area contributed by atoms with Crippen molar-refractivity contribution < 1.29 is 14.3 Å². The predicted octanol–water partition coefficient (Wildman–Crippen LogP) is 2.64. The third kappa shape index (κ3) is 4.24. The van der Waals surface area contributed by atoms with Gasteiger partial charge in [0.1, 0.15) is 0 Å². The van der Waals surface area contributed by atoms with Gasteiger partial charge in [0.2, 0.25) is 0 Å². The molecule has 0 aliphatic carbocycles. The van der Waals surface area contributed by atoms with Crippen LogP contribution in [0.15, 0.2) is 12.1 Å². The first-order chi connectivity index (χ1) is 8.85. The fourth-order valence-corrected chi connectivity index (χ4v) is 1.94. The van der Waals surface area contributed by atoms with Crippen molar-refractivity contribution in [1.82, 2.24) is 5.32 Å². The number of ether oxygens (including phenoxy) is 1. The van der Waals surface area contributed by atoms with E-state index in [9.17, 15) is 9.59 Å². The van der Waals surface area contributed by atoms with E-state index in [1.165, 1.54) is 7.11 Å². The molecule has 104 valence electrons. The van der Waals surface area contributed by atoms with Crippen molar-refractivity contribution in [3.63, 3.8) is 0 Å². The SMILES string of the molecule is COC(=O)C[C@@H](C)NC(=O)c1cc(C)c(C)cc1Cl. The molecule has 1 rings (SSSR count). The van der Waals surface area contributed by atoms with Crippen LogP contribution in [0.2, 0.25) is 5.02 Å². The summed E-state index contributed by atoms with van der Waals surface area (Å²) in [6.45, 7) is 5.59. The first-order valence-electron chi connectivity index (χ1n) is 5.99.